The first-order valence-electron chi connectivity index (χ1n) is 5.44. The number of benzene rings is 1. The lowest BCUT2D eigenvalue weighted by molar-refractivity contribution is -0.137. The Morgan fingerprint density at radius 1 is 1.53 bits per heavy atom. The van der Waals surface area contributed by atoms with Crippen LogP contribution in [0.1, 0.15) is 18.4 Å². The molecule has 90 valence electrons. The third-order valence-corrected chi connectivity index (χ3v) is 2.59. The average Bonchev–Trinajstić information content (AvgIpc) is 2.67. The Morgan fingerprint density at radius 3 is 3.12 bits per heavy atom. The summed E-state index contributed by atoms with van der Waals surface area (Å²) in [7, 11) is -0.944. The zero-order valence-corrected chi connectivity index (χ0v) is 9.26. The van der Waals surface area contributed by atoms with E-state index in [1.165, 1.54) is 0 Å². The molecule has 0 aliphatic carbocycles. The van der Waals surface area contributed by atoms with Gasteiger partial charge in [-0.1, -0.05) is 12.1 Å². The summed E-state index contributed by atoms with van der Waals surface area (Å²) in [5, 5.41) is 18.1. The summed E-state index contributed by atoms with van der Waals surface area (Å²) in [6, 6.07) is 5.44. The number of carboxylic acid groups (broad SMARTS) is 1. The molecule has 0 bridgehead atoms. The molecule has 5 nitrogen and oxygen atoms in total. The highest BCUT2D eigenvalue weighted by atomic mass is 16.5. The van der Waals surface area contributed by atoms with Gasteiger partial charge in [0.1, 0.15) is 5.75 Å². The lowest BCUT2D eigenvalue weighted by atomic mass is 9.79. The van der Waals surface area contributed by atoms with Gasteiger partial charge in [-0.15, -0.1) is 0 Å². The van der Waals surface area contributed by atoms with Gasteiger partial charge in [0.2, 0.25) is 0 Å². The normalized spacial score (nSPS) is 13.6. The van der Waals surface area contributed by atoms with Crippen molar-refractivity contribution in [2.75, 3.05) is 6.61 Å². The number of hydrogen-bond donors (Lipinski definition) is 2. The lowest BCUT2D eigenvalue weighted by Gasteiger charge is -2.09. The molecule has 0 amide bonds. The van der Waals surface area contributed by atoms with Gasteiger partial charge in [0, 0.05) is 11.9 Å². The van der Waals surface area contributed by atoms with E-state index in [1.54, 1.807) is 6.07 Å². The Kier molecular flexibility index (Phi) is 3.66. The van der Waals surface area contributed by atoms with Crippen molar-refractivity contribution in [1.29, 1.82) is 0 Å². The van der Waals surface area contributed by atoms with Crippen LogP contribution in [0.25, 0.3) is 0 Å². The van der Waals surface area contributed by atoms with E-state index in [0.29, 0.717) is 30.8 Å². The molecule has 0 atom stereocenters. The van der Waals surface area contributed by atoms with Crippen LogP contribution in [0.2, 0.25) is 0 Å². The highest BCUT2D eigenvalue weighted by molar-refractivity contribution is 6.62. The molecule has 0 unspecified atom stereocenters. The Morgan fingerprint density at radius 2 is 2.35 bits per heavy atom. The molecule has 0 fully saturated rings. The minimum Gasteiger partial charge on any atom is -0.494 e. The fraction of sp³-hybridized carbons (Fsp3) is 0.364. The van der Waals surface area contributed by atoms with E-state index in [1.807, 2.05) is 12.1 Å². The largest absolute Gasteiger partial charge is 0.495 e. The van der Waals surface area contributed by atoms with E-state index in [4.69, 9.17) is 14.5 Å². The van der Waals surface area contributed by atoms with Gasteiger partial charge in [0.05, 0.1) is 13.2 Å². The molecule has 2 N–H and O–H groups in total. The van der Waals surface area contributed by atoms with E-state index in [-0.39, 0.29) is 6.42 Å². The molecular weight excluding hydrogens is 223 g/mol. The standard InChI is InChI=1S/C11H13BO5/c13-10(14)5-2-6-16-9-4-1-3-8-7-17-12(15)11(8)9/h1,3-4,15H,2,5-7H2,(H,13,14). The van der Waals surface area contributed by atoms with E-state index >= 15 is 0 Å². The maximum Gasteiger partial charge on any atom is 0.495 e. The van der Waals surface area contributed by atoms with E-state index in [9.17, 15) is 9.82 Å². The minimum atomic E-state index is -0.944. The highest BCUT2D eigenvalue weighted by Gasteiger charge is 2.30. The van der Waals surface area contributed by atoms with Crippen LogP contribution in [-0.4, -0.2) is 29.8 Å². The van der Waals surface area contributed by atoms with Crippen molar-refractivity contribution in [3.8, 4) is 5.75 Å². The van der Waals surface area contributed by atoms with Crippen LogP contribution in [-0.2, 0) is 16.1 Å². The van der Waals surface area contributed by atoms with Gasteiger partial charge in [-0.3, -0.25) is 4.79 Å². The summed E-state index contributed by atoms with van der Waals surface area (Å²) in [5.41, 5.74) is 1.57. The first kappa shape index (κ1) is 11.9. The molecule has 0 radical (unpaired) electrons. The summed E-state index contributed by atoms with van der Waals surface area (Å²) < 4.78 is 10.6. The fourth-order valence-corrected chi connectivity index (χ4v) is 1.78. The molecule has 1 heterocycles. The van der Waals surface area contributed by atoms with Gasteiger partial charge in [-0.25, -0.2) is 0 Å². The van der Waals surface area contributed by atoms with Crippen LogP contribution in [0.3, 0.4) is 0 Å². The number of carboxylic acids is 1. The van der Waals surface area contributed by atoms with Gasteiger partial charge < -0.3 is 19.5 Å². The van der Waals surface area contributed by atoms with Crippen LogP contribution in [0, 0.1) is 0 Å². The second-order valence-corrected chi connectivity index (χ2v) is 3.84. The molecule has 1 aromatic carbocycles. The third-order valence-electron chi connectivity index (χ3n) is 2.59. The summed E-state index contributed by atoms with van der Waals surface area (Å²) in [6.07, 6.45) is 0.518. The molecule has 2 rings (SSSR count). The predicted molar refractivity (Wildman–Crippen MR) is 61.2 cm³/mol. The first-order valence-corrected chi connectivity index (χ1v) is 5.44. The molecular formula is C11H13BO5. The molecule has 0 saturated carbocycles. The van der Waals surface area contributed by atoms with Crippen LogP contribution in [0.4, 0.5) is 0 Å². The SMILES string of the molecule is O=C(O)CCCOc1cccc2c1B(O)OC2. The second-order valence-electron chi connectivity index (χ2n) is 3.84. The molecule has 1 aliphatic rings. The van der Waals surface area contributed by atoms with Crippen LogP contribution in [0.15, 0.2) is 18.2 Å². The summed E-state index contributed by atoms with van der Waals surface area (Å²) in [6.45, 7) is 0.693. The van der Waals surface area contributed by atoms with E-state index < -0.39 is 13.1 Å². The monoisotopic (exact) mass is 236 g/mol. The van der Waals surface area contributed by atoms with Gasteiger partial charge in [0.25, 0.3) is 0 Å². The number of hydrogen-bond acceptors (Lipinski definition) is 4. The zero-order valence-electron chi connectivity index (χ0n) is 9.26. The molecule has 0 spiro atoms. The average molecular weight is 236 g/mol. The van der Waals surface area contributed by atoms with Crippen molar-refractivity contribution in [2.24, 2.45) is 0 Å². The maximum absolute atomic E-state index is 10.3. The summed E-state index contributed by atoms with van der Waals surface area (Å²) in [5.74, 6) is -0.270. The topological polar surface area (TPSA) is 76.0 Å². The first-order chi connectivity index (χ1) is 8.18. The number of carbonyl (C=O) groups is 1. The van der Waals surface area contributed by atoms with Crippen LogP contribution >= 0.6 is 0 Å². The fourth-order valence-electron chi connectivity index (χ4n) is 1.78. The smallest absolute Gasteiger partial charge is 0.494 e. The zero-order chi connectivity index (χ0) is 12.3. The van der Waals surface area contributed by atoms with Gasteiger partial charge in [-0.05, 0) is 18.1 Å². The highest BCUT2D eigenvalue weighted by Crippen LogP contribution is 2.18. The third kappa shape index (κ3) is 2.78. The Bertz CT molecular complexity index is 420. The van der Waals surface area contributed by atoms with Crippen LogP contribution < -0.4 is 10.2 Å². The van der Waals surface area contributed by atoms with Crippen molar-refractivity contribution in [1.82, 2.24) is 0 Å². The van der Waals surface area contributed by atoms with Gasteiger partial charge >= 0.3 is 13.1 Å². The van der Waals surface area contributed by atoms with Crippen molar-refractivity contribution in [3.05, 3.63) is 23.8 Å². The molecule has 0 saturated heterocycles. The number of aliphatic carboxylic acids is 1. The van der Waals surface area contributed by atoms with Crippen LogP contribution in [0.5, 0.6) is 5.75 Å². The Balaban J connectivity index is 1.97. The molecule has 1 aromatic rings. The van der Waals surface area contributed by atoms with Crippen molar-refractivity contribution in [3.63, 3.8) is 0 Å². The quantitative estimate of drug-likeness (QED) is 0.562. The molecule has 1 aliphatic heterocycles. The molecule has 0 aromatic heterocycles. The number of ether oxygens (including phenoxy) is 1. The number of rotatable bonds is 5. The van der Waals surface area contributed by atoms with Crippen molar-refractivity contribution in [2.45, 2.75) is 19.4 Å². The van der Waals surface area contributed by atoms with Crippen molar-refractivity contribution >= 4 is 18.6 Å². The minimum absolute atomic E-state index is 0.0775. The van der Waals surface area contributed by atoms with E-state index in [2.05, 4.69) is 0 Å². The molecule has 6 heteroatoms. The molecule has 17 heavy (non-hydrogen) atoms. The maximum atomic E-state index is 10.3. The predicted octanol–water partition coefficient (Wildman–Crippen LogP) is 0.148. The van der Waals surface area contributed by atoms with Gasteiger partial charge in [0.15, 0.2) is 0 Å². The second kappa shape index (κ2) is 5.20. The lowest BCUT2D eigenvalue weighted by Crippen LogP contribution is -2.30. The summed E-state index contributed by atoms with van der Waals surface area (Å²) in [4.78, 5) is 10.3. The number of fused-ring (bicyclic) bond motifs is 1. The van der Waals surface area contributed by atoms with Gasteiger partial charge in [-0.2, -0.15) is 0 Å². The Hall–Kier alpha value is -1.53. The van der Waals surface area contributed by atoms with Crippen molar-refractivity contribution < 1.29 is 24.3 Å². The Labute approximate surface area is 99.1 Å². The van der Waals surface area contributed by atoms with E-state index in [0.717, 1.165) is 5.56 Å². The summed E-state index contributed by atoms with van der Waals surface area (Å²) >= 11 is 0.